The quantitative estimate of drug-likeness (QED) is 0.528. The maximum absolute atomic E-state index is 4.72. The first-order chi connectivity index (χ1) is 13.8. The Labute approximate surface area is 169 Å². The highest BCUT2D eigenvalue weighted by Crippen LogP contribution is 2.30. The van der Waals surface area contributed by atoms with Gasteiger partial charge in [0.1, 0.15) is 5.82 Å². The van der Waals surface area contributed by atoms with Gasteiger partial charge in [-0.05, 0) is 40.9 Å². The molecule has 3 heterocycles. The molecule has 0 spiro atoms. The second-order valence-electron chi connectivity index (χ2n) is 7.37. The third kappa shape index (κ3) is 3.41. The number of anilines is 1. The zero-order valence-electron chi connectivity index (χ0n) is 16.0. The molecule has 0 bridgehead atoms. The molecule has 0 N–H and O–H groups in total. The second kappa shape index (κ2) is 7.37. The molecule has 6 heteroatoms. The molecule has 0 saturated carbocycles. The van der Waals surface area contributed by atoms with Crippen molar-refractivity contribution in [3.63, 3.8) is 0 Å². The van der Waals surface area contributed by atoms with Crippen LogP contribution in [0.1, 0.15) is 5.56 Å². The van der Waals surface area contributed by atoms with Gasteiger partial charge in [-0.15, -0.1) is 0 Å². The lowest BCUT2D eigenvalue weighted by atomic mass is 10.1. The van der Waals surface area contributed by atoms with Crippen LogP contribution < -0.4 is 4.90 Å². The van der Waals surface area contributed by atoms with E-state index in [-0.39, 0.29) is 0 Å². The van der Waals surface area contributed by atoms with E-state index in [2.05, 4.69) is 69.6 Å². The number of aryl methyl sites for hydroxylation is 1. The van der Waals surface area contributed by atoms with Crippen molar-refractivity contribution in [2.75, 3.05) is 31.1 Å². The van der Waals surface area contributed by atoms with Crippen LogP contribution in [0, 0.1) is 0 Å². The van der Waals surface area contributed by atoms with Gasteiger partial charge < -0.3 is 4.90 Å². The zero-order chi connectivity index (χ0) is 18.9. The van der Waals surface area contributed by atoms with Crippen LogP contribution in [0.4, 0.5) is 5.82 Å². The molecule has 2 aromatic heterocycles. The number of nitrogens with zero attached hydrogens (tertiary/aromatic N) is 5. The first-order valence-electron chi connectivity index (χ1n) is 9.66. The highest BCUT2D eigenvalue weighted by atomic mass is 32.1. The molecule has 5 rings (SSSR count). The maximum Gasteiger partial charge on any atom is 0.150 e. The highest BCUT2D eigenvalue weighted by molar-refractivity contribution is 7.13. The van der Waals surface area contributed by atoms with E-state index in [1.165, 1.54) is 26.8 Å². The minimum Gasteiger partial charge on any atom is -0.353 e. The number of aromatic nitrogens is 3. The Hall–Kier alpha value is -2.70. The number of hydrogen-bond donors (Lipinski definition) is 0. The Bertz CT molecular complexity index is 1090. The summed E-state index contributed by atoms with van der Waals surface area (Å²) in [4.78, 5) is 4.97. The van der Waals surface area contributed by atoms with Gasteiger partial charge in [0.25, 0.3) is 0 Å². The molecule has 1 saturated heterocycles. The molecule has 1 fully saturated rings. The molecule has 1 aliphatic heterocycles. The summed E-state index contributed by atoms with van der Waals surface area (Å²) < 4.78 is 7.84. The largest absolute Gasteiger partial charge is 0.353 e. The third-order valence-corrected chi connectivity index (χ3v) is 6.22. The number of benzene rings is 2. The van der Waals surface area contributed by atoms with Crippen molar-refractivity contribution in [3.05, 3.63) is 66.5 Å². The minimum atomic E-state index is 0.986. The highest BCUT2D eigenvalue weighted by Gasteiger charge is 2.20. The van der Waals surface area contributed by atoms with Gasteiger partial charge in [-0.1, -0.05) is 30.3 Å². The summed E-state index contributed by atoms with van der Waals surface area (Å²) in [6.07, 6.45) is 3.99. The number of fused-ring (bicyclic) bond motifs is 1. The van der Waals surface area contributed by atoms with Crippen molar-refractivity contribution in [1.29, 1.82) is 0 Å². The van der Waals surface area contributed by atoms with E-state index < -0.39 is 0 Å². The third-order valence-electron chi connectivity index (χ3n) is 5.40. The van der Waals surface area contributed by atoms with Crippen LogP contribution in [-0.4, -0.2) is 45.2 Å². The lowest BCUT2D eigenvalue weighted by molar-refractivity contribution is 0.249. The molecule has 0 radical (unpaired) electrons. The Balaban J connectivity index is 1.25. The summed E-state index contributed by atoms with van der Waals surface area (Å²) in [6, 6.07) is 17.3. The standard InChI is InChI=1S/C22H23N5S/c1-25-16-19(14-23-25)18-6-4-5-17(13-18)15-26-9-11-27(12-10-26)22-20-7-2-3-8-21(20)28-24-22/h2-8,13-14,16H,9-12,15H2,1H3. The van der Waals surface area contributed by atoms with Gasteiger partial charge in [-0.3, -0.25) is 9.58 Å². The maximum atomic E-state index is 4.72. The van der Waals surface area contributed by atoms with Gasteiger partial charge >= 0.3 is 0 Å². The van der Waals surface area contributed by atoms with Gasteiger partial charge in [0, 0.05) is 56.9 Å². The first kappa shape index (κ1) is 17.4. The Morgan fingerprint density at radius 2 is 1.82 bits per heavy atom. The molecule has 2 aromatic carbocycles. The van der Waals surface area contributed by atoms with Crippen molar-refractivity contribution in [2.24, 2.45) is 7.05 Å². The van der Waals surface area contributed by atoms with E-state index in [0.29, 0.717) is 0 Å². The summed E-state index contributed by atoms with van der Waals surface area (Å²) >= 11 is 1.60. The summed E-state index contributed by atoms with van der Waals surface area (Å²) in [5.74, 6) is 1.15. The van der Waals surface area contributed by atoms with E-state index in [0.717, 1.165) is 38.5 Å². The van der Waals surface area contributed by atoms with Crippen molar-refractivity contribution in [3.8, 4) is 11.1 Å². The van der Waals surface area contributed by atoms with Crippen molar-refractivity contribution < 1.29 is 0 Å². The average Bonchev–Trinajstić information content (AvgIpc) is 3.35. The molecule has 0 atom stereocenters. The van der Waals surface area contributed by atoms with E-state index in [9.17, 15) is 0 Å². The predicted octanol–water partition coefficient (Wildman–Crippen LogP) is 4.02. The van der Waals surface area contributed by atoms with E-state index in [4.69, 9.17) is 4.37 Å². The van der Waals surface area contributed by atoms with E-state index >= 15 is 0 Å². The fourth-order valence-electron chi connectivity index (χ4n) is 3.90. The summed E-state index contributed by atoms with van der Waals surface area (Å²) in [5, 5.41) is 5.57. The van der Waals surface area contributed by atoms with Crippen LogP contribution in [0.15, 0.2) is 60.9 Å². The molecule has 28 heavy (non-hydrogen) atoms. The van der Waals surface area contributed by atoms with Gasteiger partial charge in [0.15, 0.2) is 0 Å². The summed E-state index contributed by atoms with van der Waals surface area (Å²) in [7, 11) is 1.96. The molecule has 0 amide bonds. The van der Waals surface area contributed by atoms with E-state index in [1.807, 2.05) is 17.9 Å². The monoisotopic (exact) mass is 389 g/mol. The van der Waals surface area contributed by atoms with E-state index in [1.54, 1.807) is 11.5 Å². The average molecular weight is 390 g/mol. The van der Waals surface area contributed by atoms with Crippen molar-refractivity contribution >= 4 is 27.4 Å². The molecule has 0 aliphatic carbocycles. The number of hydrogen-bond acceptors (Lipinski definition) is 5. The molecule has 0 unspecified atom stereocenters. The fraction of sp³-hybridized carbons (Fsp3) is 0.273. The molecule has 1 aliphatic rings. The first-order valence-corrected chi connectivity index (χ1v) is 10.4. The molecular formula is C22H23N5S. The number of piperazine rings is 1. The number of rotatable bonds is 4. The van der Waals surface area contributed by atoms with Crippen LogP contribution >= 0.6 is 11.5 Å². The topological polar surface area (TPSA) is 37.2 Å². The van der Waals surface area contributed by atoms with Gasteiger partial charge in [0.05, 0.1) is 10.9 Å². The predicted molar refractivity (Wildman–Crippen MR) is 116 cm³/mol. The van der Waals surface area contributed by atoms with Gasteiger partial charge in [-0.25, -0.2) is 0 Å². The van der Waals surface area contributed by atoms with Crippen molar-refractivity contribution in [1.82, 2.24) is 19.1 Å². The van der Waals surface area contributed by atoms with Crippen LogP contribution in [0.3, 0.4) is 0 Å². The fourth-order valence-corrected chi connectivity index (χ4v) is 4.69. The zero-order valence-corrected chi connectivity index (χ0v) is 16.8. The summed E-state index contributed by atoms with van der Waals surface area (Å²) in [5.41, 5.74) is 3.76. The SMILES string of the molecule is Cn1cc(-c2cccc(CN3CCN(c4nsc5ccccc45)CC3)c2)cn1. The molecule has 4 aromatic rings. The van der Waals surface area contributed by atoms with Gasteiger partial charge in [0.2, 0.25) is 0 Å². The lowest BCUT2D eigenvalue weighted by Crippen LogP contribution is -2.46. The molecular weight excluding hydrogens is 366 g/mol. The lowest BCUT2D eigenvalue weighted by Gasteiger charge is -2.35. The Morgan fingerprint density at radius 3 is 2.64 bits per heavy atom. The Morgan fingerprint density at radius 1 is 0.964 bits per heavy atom. The van der Waals surface area contributed by atoms with Crippen LogP contribution in [0.25, 0.3) is 21.2 Å². The summed E-state index contributed by atoms with van der Waals surface area (Å²) in [6.45, 7) is 5.15. The van der Waals surface area contributed by atoms with Crippen LogP contribution in [0.2, 0.25) is 0 Å². The van der Waals surface area contributed by atoms with Crippen molar-refractivity contribution in [2.45, 2.75) is 6.54 Å². The second-order valence-corrected chi connectivity index (χ2v) is 8.17. The van der Waals surface area contributed by atoms with Crippen LogP contribution in [-0.2, 0) is 13.6 Å². The molecule has 142 valence electrons. The smallest absolute Gasteiger partial charge is 0.150 e. The minimum absolute atomic E-state index is 0.986. The van der Waals surface area contributed by atoms with Gasteiger partial charge in [-0.2, -0.15) is 9.47 Å². The normalized spacial score (nSPS) is 15.4. The Kier molecular flexibility index (Phi) is 4.58. The molecule has 5 nitrogen and oxygen atoms in total. The van der Waals surface area contributed by atoms with Crippen LogP contribution in [0.5, 0.6) is 0 Å².